The normalized spacial score (nSPS) is 11.2. The lowest BCUT2D eigenvalue weighted by Gasteiger charge is -2.08. The summed E-state index contributed by atoms with van der Waals surface area (Å²) in [7, 11) is 1.66. The summed E-state index contributed by atoms with van der Waals surface area (Å²) in [6, 6.07) is 24.7. The van der Waals surface area contributed by atoms with Gasteiger partial charge in [0.2, 0.25) is 0 Å². The molecule has 0 amide bonds. The lowest BCUT2D eigenvalue weighted by atomic mass is 10.0. The second kappa shape index (κ2) is 7.04. The molecule has 3 aromatic carbocycles. The van der Waals surface area contributed by atoms with Crippen LogP contribution in [0.3, 0.4) is 0 Å². The fourth-order valence-corrected chi connectivity index (χ4v) is 3.56. The van der Waals surface area contributed by atoms with Gasteiger partial charge >= 0.3 is 0 Å². The lowest BCUT2D eigenvalue weighted by molar-refractivity contribution is 0.415. The molecule has 0 aliphatic rings. The first-order valence-electron chi connectivity index (χ1n) is 9.47. The van der Waals surface area contributed by atoms with Crippen molar-refractivity contribution in [2.45, 2.75) is 6.54 Å². The van der Waals surface area contributed by atoms with Crippen LogP contribution in [-0.4, -0.2) is 21.6 Å². The number of pyridine rings is 1. The Hall–Kier alpha value is -3.70. The Kier molecular flexibility index (Phi) is 4.22. The molecule has 0 unspecified atom stereocenters. The Labute approximate surface area is 168 Å². The number of methoxy groups -OCH3 is 1. The van der Waals surface area contributed by atoms with Crippen LogP contribution in [0.25, 0.3) is 38.9 Å². The number of ether oxygens (including phenoxy) is 1. The van der Waals surface area contributed by atoms with Crippen molar-refractivity contribution in [2.75, 3.05) is 7.11 Å². The first kappa shape index (κ1) is 17.4. The fourth-order valence-electron chi connectivity index (χ4n) is 3.56. The SMILES string of the molecule is COc1ccc2c(c1)ncn2-c1ccc2cc(-c3ccc(CN)cc3)ccc2n1. The molecule has 29 heavy (non-hydrogen) atoms. The molecule has 5 aromatic rings. The van der Waals surface area contributed by atoms with Gasteiger partial charge in [0, 0.05) is 18.0 Å². The van der Waals surface area contributed by atoms with Crippen LogP contribution < -0.4 is 10.5 Å². The van der Waals surface area contributed by atoms with Gasteiger partial charge in [-0.1, -0.05) is 30.3 Å². The van der Waals surface area contributed by atoms with Crippen molar-refractivity contribution >= 4 is 21.9 Å². The number of aromatic nitrogens is 3. The summed E-state index contributed by atoms with van der Waals surface area (Å²) in [4.78, 5) is 9.33. The molecule has 5 heteroatoms. The van der Waals surface area contributed by atoms with Gasteiger partial charge in [-0.2, -0.15) is 0 Å². The zero-order valence-electron chi connectivity index (χ0n) is 16.0. The predicted octanol–water partition coefficient (Wildman–Crippen LogP) is 4.71. The molecule has 5 rings (SSSR count). The van der Waals surface area contributed by atoms with E-state index >= 15 is 0 Å². The van der Waals surface area contributed by atoms with E-state index in [2.05, 4.69) is 53.5 Å². The second-order valence-electron chi connectivity index (χ2n) is 6.95. The zero-order chi connectivity index (χ0) is 19.8. The van der Waals surface area contributed by atoms with Crippen molar-refractivity contribution in [1.29, 1.82) is 0 Å². The molecule has 0 aliphatic carbocycles. The molecule has 0 aliphatic heterocycles. The standard InChI is InChI=1S/C24H20N4O/c1-29-20-8-10-23-22(13-20)26-15-28(23)24-11-7-19-12-18(6-9-21(19)27-24)17-4-2-16(14-25)3-5-17/h2-13,15H,14,25H2,1H3. The monoisotopic (exact) mass is 380 g/mol. The molecule has 0 spiro atoms. The zero-order valence-corrected chi connectivity index (χ0v) is 16.0. The number of nitrogens with zero attached hydrogens (tertiary/aromatic N) is 3. The Morgan fingerprint density at radius 1 is 0.862 bits per heavy atom. The van der Waals surface area contributed by atoms with Gasteiger partial charge in [-0.05, 0) is 53.1 Å². The van der Waals surface area contributed by atoms with Crippen LogP contribution in [0.4, 0.5) is 0 Å². The summed E-state index contributed by atoms with van der Waals surface area (Å²) in [6.07, 6.45) is 1.80. The first-order chi connectivity index (χ1) is 14.2. The van der Waals surface area contributed by atoms with Crippen LogP contribution in [0.15, 0.2) is 79.1 Å². The van der Waals surface area contributed by atoms with Crippen LogP contribution in [0, 0.1) is 0 Å². The highest BCUT2D eigenvalue weighted by molar-refractivity contribution is 5.86. The van der Waals surface area contributed by atoms with Crippen LogP contribution in [0.1, 0.15) is 5.56 Å². The topological polar surface area (TPSA) is 66.0 Å². The Morgan fingerprint density at radius 3 is 2.48 bits per heavy atom. The molecule has 0 saturated carbocycles. The summed E-state index contributed by atoms with van der Waals surface area (Å²) >= 11 is 0. The minimum Gasteiger partial charge on any atom is -0.497 e. The molecule has 0 radical (unpaired) electrons. The average molecular weight is 380 g/mol. The highest BCUT2D eigenvalue weighted by Crippen LogP contribution is 2.26. The van der Waals surface area contributed by atoms with Gasteiger partial charge < -0.3 is 10.5 Å². The number of imidazole rings is 1. The third-order valence-corrected chi connectivity index (χ3v) is 5.20. The van der Waals surface area contributed by atoms with E-state index in [9.17, 15) is 0 Å². The minimum atomic E-state index is 0.556. The highest BCUT2D eigenvalue weighted by Gasteiger charge is 2.08. The highest BCUT2D eigenvalue weighted by atomic mass is 16.5. The number of hydrogen-bond acceptors (Lipinski definition) is 4. The van der Waals surface area contributed by atoms with Crippen molar-refractivity contribution in [1.82, 2.24) is 14.5 Å². The van der Waals surface area contributed by atoms with Crippen LogP contribution >= 0.6 is 0 Å². The number of hydrogen-bond donors (Lipinski definition) is 1. The molecule has 5 nitrogen and oxygen atoms in total. The van der Waals surface area contributed by atoms with Crippen molar-refractivity contribution in [3.63, 3.8) is 0 Å². The van der Waals surface area contributed by atoms with E-state index in [1.54, 1.807) is 13.4 Å². The Balaban J connectivity index is 1.54. The summed E-state index contributed by atoms with van der Waals surface area (Å²) < 4.78 is 7.28. The smallest absolute Gasteiger partial charge is 0.139 e. The van der Waals surface area contributed by atoms with Crippen molar-refractivity contribution < 1.29 is 4.74 Å². The van der Waals surface area contributed by atoms with E-state index in [-0.39, 0.29) is 0 Å². The number of rotatable bonds is 4. The average Bonchev–Trinajstić information content (AvgIpc) is 3.21. The fraction of sp³-hybridized carbons (Fsp3) is 0.0833. The molecule has 0 fully saturated rings. The third-order valence-electron chi connectivity index (χ3n) is 5.20. The Bertz CT molecular complexity index is 1320. The molecular weight excluding hydrogens is 360 g/mol. The maximum Gasteiger partial charge on any atom is 0.139 e. The maximum absolute atomic E-state index is 5.70. The van der Waals surface area contributed by atoms with Crippen molar-refractivity contribution in [2.24, 2.45) is 5.73 Å². The van der Waals surface area contributed by atoms with Gasteiger partial charge in [-0.3, -0.25) is 4.57 Å². The summed E-state index contributed by atoms with van der Waals surface area (Å²) in [5, 5.41) is 1.10. The van der Waals surface area contributed by atoms with Gasteiger partial charge in [0.1, 0.15) is 17.9 Å². The first-order valence-corrected chi connectivity index (χ1v) is 9.47. The number of fused-ring (bicyclic) bond motifs is 2. The van der Waals surface area contributed by atoms with Gasteiger partial charge in [-0.25, -0.2) is 9.97 Å². The molecule has 2 N–H and O–H groups in total. The molecule has 0 saturated heterocycles. The summed E-state index contributed by atoms with van der Waals surface area (Å²) in [6.45, 7) is 0.556. The number of benzene rings is 3. The summed E-state index contributed by atoms with van der Waals surface area (Å²) in [5.41, 5.74) is 12.0. The second-order valence-corrected chi connectivity index (χ2v) is 6.95. The molecule has 2 heterocycles. The maximum atomic E-state index is 5.70. The quantitative estimate of drug-likeness (QED) is 0.490. The van der Waals surface area contributed by atoms with Crippen molar-refractivity contribution in [3.8, 4) is 22.7 Å². The van der Waals surface area contributed by atoms with E-state index in [1.807, 2.05) is 28.8 Å². The van der Waals surface area contributed by atoms with Gasteiger partial charge in [-0.15, -0.1) is 0 Å². The van der Waals surface area contributed by atoms with E-state index in [1.165, 1.54) is 5.56 Å². The number of nitrogens with two attached hydrogens (primary N) is 1. The predicted molar refractivity (Wildman–Crippen MR) is 116 cm³/mol. The molecule has 0 bridgehead atoms. The van der Waals surface area contributed by atoms with Crippen LogP contribution in [-0.2, 0) is 6.54 Å². The lowest BCUT2D eigenvalue weighted by Crippen LogP contribution is -1.96. The van der Waals surface area contributed by atoms with E-state index in [0.29, 0.717) is 6.54 Å². The summed E-state index contributed by atoms with van der Waals surface area (Å²) in [5.74, 6) is 1.63. The van der Waals surface area contributed by atoms with Gasteiger partial charge in [0.25, 0.3) is 0 Å². The van der Waals surface area contributed by atoms with Gasteiger partial charge in [0.15, 0.2) is 0 Å². The largest absolute Gasteiger partial charge is 0.497 e. The van der Waals surface area contributed by atoms with E-state index < -0.39 is 0 Å². The third kappa shape index (κ3) is 3.11. The van der Waals surface area contributed by atoms with Crippen LogP contribution in [0.5, 0.6) is 5.75 Å². The van der Waals surface area contributed by atoms with Gasteiger partial charge in [0.05, 0.1) is 23.7 Å². The molecule has 2 aromatic heterocycles. The Morgan fingerprint density at radius 2 is 1.69 bits per heavy atom. The molecule has 0 atom stereocenters. The van der Waals surface area contributed by atoms with Crippen molar-refractivity contribution in [3.05, 3.63) is 84.7 Å². The minimum absolute atomic E-state index is 0.556. The molecule has 142 valence electrons. The van der Waals surface area contributed by atoms with E-state index in [0.717, 1.165) is 44.6 Å². The molecular formula is C24H20N4O. The van der Waals surface area contributed by atoms with Crippen LogP contribution in [0.2, 0.25) is 0 Å². The van der Waals surface area contributed by atoms with E-state index in [4.69, 9.17) is 15.5 Å².